The smallest absolute Gasteiger partial charge is 0.338 e. The van der Waals surface area contributed by atoms with Crippen molar-refractivity contribution in [1.82, 2.24) is 0 Å². The van der Waals surface area contributed by atoms with Crippen molar-refractivity contribution in [3.8, 4) is 0 Å². The number of hydrogen-bond acceptors (Lipinski definition) is 6. The molecule has 2 fully saturated rings. The molecule has 4 bridgehead atoms. The van der Waals surface area contributed by atoms with Crippen LogP contribution in [0.3, 0.4) is 0 Å². The van der Waals surface area contributed by atoms with Gasteiger partial charge in [0.15, 0.2) is 0 Å². The Morgan fingerprint density at radius 3 is 1.26 bits per heavy atom. The number of rotatable bonds is 4. The zero-order valence-corrected chi connectivity index (χ0v) is 21.1. The third kappa shape index (κ3) is 3.70. The van der Waals surface area contributed by atoms with Crippen LogP contribution in [0, 0.1) is 45.3 Å². The van der Waals surface area contributed by atoms with E-state index in [0.29, 0.717) is 24.7 Å². The van der Waals surface area contributed by atoms with E-state index in [1.54, 1.807) is 0 Å². The van der Waals surface area contributed by atoms with Crippen molar-refractivity contribution in [2.75, 3.05) is 0 Å². The second kappa shape index (κ2) is 8.03. The van der Waals surface area contributed by atoms with Gasteiger partial charge in [-0.1, -0.05) is 65.8 Å². The van der Waals surface area contributed by atoms with Crippen molar-refractivity contribution in [1.29, 1.82) is 0 Å². The van der Waals surface area contributed by atoms with Crippen LogP contribution >= 0.6 is 0 Å². The average Bonchev–Trinajstić information content (AvgIpc) is 3.50. The molecule has 0 saturated heterocycles. The van der Waals surface area contributed by atoms with Gasteiger partial charge in [-0.05, 0) is 60.2 Å². The van der Waals surface area contributed by atoms with E-state index in [2.05, 4.69) is 24.3 Å². The third-order valence-corrected chi connectivity index (χ3v) is 8.93. The van der Waals surface area contributed by atoms with Gasteiger partial charge >= 0.3 is 23.9 Å². The Kier molecular flexibility index (Phi) is 5.81. The van der Waals surface area contributed by atoms with Crippen LogP contribution in [0.2, 0.25) is 0 Å². The van der Waals surface area contributed by atoms with Crippen LogP contribution in [-0.4, -0.2) is 23.9 Å². The Labute approximate surface area is 201 Å². The van der Waals surface area contributed by atoms with Crippen molar-refractivity contribution in [3.63, 3.8) is 0 Å². The molecule has 0 spiro atoms. The fourth-order valence-electron chi connectivity index (χ4n) is 7.09. The Hall–Kier alpha value is -2.50. The van der Waals surface area contributed by atoms with Crippen LogP contribution in [0.5, 0.6) is 0 Å². The maximum Gasteiger partial charge on any atom is 0.338 e. The molecule has 0 amide bonds. The zero-order valence-electron chi connectivity index (χ0n) is 21.1. The Morgan fingerprint density at radius 2 is 1.03 bits per heavy atom. The lowest BCUT2D eigenvalue weighted by Gasteiger charge is -2.43. The summed E-state index contributed by atoms with van der Waals surface area (Å²) in [6.07, 6.45) is 13.2. The molecule has 2 saturated carbocycles. The van der Waals surface area contributed by atoms with Gasteiger partial charge in [0.2, 0.25) is 0 Å². The third-order valence-electron chi connectivity index (χ3n) is 8.93. The Morgan fingerprint density at radius 1 is 0.676 bits per heavy atom. The molecule has 4 aliphatic carbocycles. The molecule has 0 aromatic rings. The summed E-state index contributed by atoms with van der Waals surface area (Å²) in [5.41, 5.74) is -2.33. The van der Waals surface area contributed by atoms with E-state index in [9.17, 15) is 19.2 Å². The molecule has 4 aliphatic rings. The van der Waals surface area contributed by atoms with Gasteiger partial charge in [0.1, 0.15) is 0 Å². The molecule has 0 N–H and O–H groups in total. The lowest BCUT2D eigenvalue weighted by molar-refractivity contribution is -0.174. The van der Waals surface area contributed by atoms with Gasteiger partial charge in [-0.2, -0.15) is 0 Å². The van der Waals surface area contributed by atoms with Crippen LogP contribution in [0.25, 0.3) is 0 Å². The zero-order chi connectivity index (χ0) is 25.1. The summed E-state index contributed by atoms with van der Waals surface area (Å²) in [6, 6.07) is 0. The molecule has 6 unspecified atom stereocenters. The molecule has 0 radical (unpaired) electrons. The molecular formula is C28H36O6. The van der Waals surface area contributed by atoms with Gasteiger partial charge in [0, 0.05) is 12.2 Å². The summed E-state index contributed by atoms with van der Waals surface area (Å²) in [4.78, 5) is 51.1. The lowest BCUT2D eigenvalue weighted by Crippen LogP contribution is -2.48. The van der Waals surface area contributed by atoms with Crippen LogP contribution in [0.1, 0.15) is 67.2 Å². The summed E-state index contributed by atoms with van der Waals surface area (Å²) < 4.78 is 10.4. The van der Waals surface area contributed by atoms with Crippen LogP contribution < -0.4 is 0 Å². The predicted molar refractivity (Wildman–Crippen MR) is 126 cm³/mol. The molecule has 4 rings (SSSR count). The van der Waals surface area contributed by atoms with Crippen molar-refractivity contribution in [2.24, 2.45) is 45.3 Å². The number of allylic oxidation sites excluding steroid dienone is 4. The fraction of sp³-hybridized carbons (Fsp3) is 0.643. The van der Waals surface area contributed by atoms with E-state index in [1.807, 2.05) is 41.5 Å². The highest BCUT2D eigenvalue weighted by molar-refractivity contribution is 6.01. The number of carbonyl (C=O) groups excluding carboxylic acids is 4. The summed E-state index contributed by atoms with van der Waals surface area (Å²) in [7, 11) is 0. The molecular weight excluding hydrogens is 432 g/mol. The summed E-state index contributed by atoms with van der Waals surface area (Å²) in [6.45, 7) is 11.9. The van der Waals surface area contributed by atoms with E-state index < -0.39 is 34.7 Å². The quantitative estimate of drug-likeness (QED) is 0.251. The van der Waals surface area contributed by atoms with Gasteiger partial charge in [0.25, 0.3) is 0 Å². The average molecular weight is 469 g/mol. The Balaban J connectivity index is 1.40. The number of fused-ring (bicyclic) bond motifs is 4. The standard InChI is InChI=1S/C28H36O6/c1-25(2,3)27(15-17-7-9-19(27)13-17)23(31)33-21(29)11-12-22(30)34-24(32)28(26(4,5)6)16-18-8-10-20(28)14-18/h7-12,17-20H,13-16H2,1-6H3. The number of ether oxygens (including phenoxy) is 2. The molecule has 0 aliphatic heterocycles. The second-order valence-corrected chi connectivity index (χ2v) is 12.6. The molecule has 0 heterocycles. The minimum absolute atomic E-state index is 0.0359. The van der Waals surface area contributed by atoms with Gasteiger partial charge in [-0.3, -0.25) is 9.59 Å². The van der Waals surface area contributed by atoms with E-state index >= 15 is 0 Å². The maximum atomic E-state index is 13.1. The number of carbonyl (C=O) groups is 4. The highest BCUT2D eigenvalue weighted by Gasteiger charge is 2.62. The van der Waals surface area contributed by atoms with E-state index in [1.165, 1.54) is 0 Å². The predicted octanol–water partition coefficient (Wildman–Crippen LogP) is 4.94. The Bertz CT molecular complexity index is 923. The van der Waals surface area contributed by atoms with E-state index in [4.69, 9.17) is 9.47 Å². The highest BCUT2D eigenvalue weighted by atomic mass is 16.6. The van der Waals surface area contributed by atoms with Gasteiger partial charge < -0.3 is 9.47 Å². The van der Waals surface area contributed by atoms with Crippen molar-refractivity contribution < 1.29 is 28.7 Å². The first-order valence-corrected chi connectivity index (χ1v) is 12.3. The first-order valence-electron chi connectivity index (χ1n) is 12.3. The van der Waals surface area contributed by atoms with Crippen molar-refractivity contribution in [2.45, 2.75) is 67.2 Å². The van der Waals surface area contributed by atoms with Crippen LogP contribution in [-0.2, 0) is 28.7 Å². The fourth-order valence-corrected chi connectivity index (χ4v) is 7.09. The maximum absolute atomic E-state index is 13.1. The molecule has 34 heavy (non-hydrogen) atoms. The van der Waals surface area contributed by atoms with Crippen LogP contribution in [0.15, 0.2) is 36.5 Å². The lowest BCUT2D eigenvalue weighted by atomic mass is 9.59. The molecule has 184 valence electrons. The minimum atomic E-state index is -0.932. The topological polar surface area (TPSA) is 86.7 Å². The van der Waals surface area contributed by atoms with Gasteiger partial charge in [0.05, 0.1) is 10.8 Å². The van der Waals surface area contributed by atoms with Crippen molar-refractivity contribution in [3.05, 3.63) is 36.5 Å². The molecule has 0 aromatic heterocycles. The van der Waals surface area contributed by atoms with E-state index in [-0.39, 0.29) is 22.7 Å². The SMILES string of the molecule is CC(C)(C)C1(C(=O)OC(=O)C=CC(=O)OC(=O)C2(C(C)(C)C)CC3C=CC2C3)CC2C=CC1C2. The first-order chi connectivity index (χ1) is 15.7. The van der Waals surface area contributed by atoms with Crippen LogP contribution in [0.4, 0.5) is 0 Å². The summed E-state index contributed by atoms with van der Waals surface area (Å²) in [5.74, 6) is -2.27. The van der Waals surface area contributed by atoms with Gasteiger partial charge in [-0.25, -0.2) is 9.59 Å². The monoisotopic (exact) mass is 468 g/mol. The summed E-state index contributed by atoms with van der Waals surface area (Å²) in [5, 5.41) is 0. The number of esters is 4. The molecule has 6 nitrogen and oxygen atoms in total. The normalized spacial score (nSPS) is 35.8. The molecule has 0 aromatic carbocycles. The summed E-state index contributed by atoms with van der Waals surface area (Å²) >= 11 is 0. The highest BCUT2D eigenvalue weighted by Crippen LogP contribution is 2.62. The molecule has 6 heteroatoms. The number of hydrogen-bond donors (Lipinski definition) is 0. The van der Waals surface area contributed by atoms with Crippen molar-refractivity contribution >= 4 is 23.9 Å². The molecule has 6 atom stereocenters. The second-order valence-electron chi connectivity index (χ2n) is 12.6. The van der Waals surface area contributed by atoms with E-state index in [0.717, 1.165) is 25.0 Å². The van der Waals surface area contributed by atoms with Gasteiger partial charge in [-0.15, -0.1) is 0 Å². The minimum Gasteiger partial charge on any atom is -0.389 e. The largest absolute Gasteiger partial charge is 0.389 e. The first kappa shape index (κ1) is 24.6.